The standard InChI is InChI=1S/C10H3F4NO2S2/c11-6-4(2-1-3(18)15-19-2)5(10(16)17)7(12)9(14)8(6)13/h1H,(H,15,18)(H,16,17). The second kappa shape index (κ2) is 4.74. The Labute approximate surface area is 112 Å². The van der Waals surface area contributed by atoms with Crippen LogP contribution in [-0.4, -0.2) is 15.4 Å². The molecule has 100 valence electrons. The van der Waals surface area contributed by atoms with Crippen molar-refractivity contribution in [2.24, 2.45) is 0 Å². The maximum atomic E-state index is 13.7. The summed E-state index contributed by atoms with van der Waals surface area (Å²) in [5, 5.41) is 8.83. The first-order chi connectivity index (χ1) is 8.84. The van der Waals surface area contributed by atoms with E-state index >= 15 is 0 Å². The van der Waals surface area contributed by atoms with Crippen LogP contribution in [-0.2, 0) is 0 Å². The molecule has 0 aliphatic rings. The van der Waals surface area contributed by atoms with Gasteiger partial charge >= 0.3 is 5.97 Å². The fourth-order valence-corrected chi connectivity index (χ4v) is 2.53. The predicted molar refractivity (Wildman–Crippen MR) is 61.7 cm³/mol. The quantitative estimate of drug-likeness (QED) is 0.385. The molecule has 19 heavy (non-hydrogen) atoms. The zero-order valence-corrected chi connectivity index (χ0v) is 10.4. The highest BCUT2D eigenvalue weighted by Crippen LogP contribution is 2.34. The zero-order valence-electron chi connectivity index (χ0n) is 8.76. The monoisotopic (exact) mass is 309 g/mol. The van der Waals surface area contributed by atoms with E-state index in [1.807, 2.05) is 0 Å². The van der Waals surface area contributed by atoms with Gasteiger partial charge in [0.15, 0.2) is 23.3 Å². The molecule has 9 heteroatoms. The van der Waals surface area contributed by atoms with E-state index in [0.717, 1.165) is 6.07 Å². The van der Waals surface area contributed by atoms with Crippen LogP contribution in [0.15, 0.2) is 6.07 Å². The number of nitrogens with one attached hydrogen (secondary N) is 1. The van der Waals surface area contributed by atoms with Crippen molar-refractivity contribution in [3.05, 3.63) is 39.5 Å². The van der Waals surface area contributed by atoms with Crippen LogP contribution in [0.1, 0.15) is 10.4 Å². The Hall–Kier alpha value is -1.74. The minimum Gasteiger partial charge on any atom is -0.478 e. The fourth-order valence-electron chi connectivity index (χ4n) is 1.47. The first-order valence-corrected chi connectivity index (χ1v) is 5.85. The van der Waals surface area contributed by atoms with Crippen molar-refractivity contribution in [2.45, 2.75) is 0 Å². The smallest absolute Gasteiger partial charge is 0.339 e. The van der Waals surface area contributed by atoms with E-state index in [0.29, 0.717) is 11.5 Å². The molecule has 2 N–H and O–H groups in total. The minimum atomic E-state index is -2.17. The van der Waals surface area contributed by atoms with Crippen molar-refractivity contribution >= 4 is 29.7 Å². The number of carboxylic acid groups (broad SMARTS) is 1. The summed E-state index contributed by atoms with van der Waals surface area (Å²) in [6, 6.07) is 1.13. The lowest BCUT2D eigenvalue weighted by Crippen LogP contribution is -2.10. The van der Waals surface area contributed by atoms with Crippen molar-refractivity contribution < 1.29 is 27.5 Å². The molecular weight excluding hydrogens is 306 g/mol. The number of hydrogen-bond donors (Lipinski definition) is 2. The van der Waals surface area contributed by atoms with Crippen molar-refractivity contribution in [1.82, 2.24) is 4.37 Å². The number of aromatic amines is 1. The van der Waals surface area contributed by atoms with E-state index in [-0.39, 0.29) is 9.52 Å². The number of aromatic nitrogens is 1. The molecular formula is C10H3F4NO2S2. The van der Waals surface area contributed by atoms with E-state index in [1.165, 1.54) is 0 Å². The molecule has 0 aliphatic heterocycles. The number of hydrogen-bond acceptors (Lipinski definition) is 3. The third kappa shape index (κ3) is 2.15. The number of aromatic carboxylic acids is 1. The summed E-state index contributed by atoms with van der Waals surface area (Å²) < 4.78 is 55.9. The third-order valence-electron chi connectivity index (χ3n) is 2.25. The molecule has 0 amide bonds. The SMILES string of the molecule is O=C(O)c1c(F)c(F)c(F)c(F)c1-c1cc(=S)[nH]s1. The molecule has 3 nitrogen and oxygen atoms in total. The molecule has 2 rings (SSSR count). The Morgan fingerprint density at radius 3 is 2.21 bits per heavy atom. The van der Waals surface area contributed by atoms with Gasteiger partial charge in [-0.1, -0.05) is 23.8 Å². The Bertz CT molecular complexity index is 738. The molecule has 0 aliphatic carbocycles. The van der Waals surface area contributed by atoms with E-state index in [2.05, 4.69) is 4.37 Å². The van der Waals surface area contributed by atoms with Gasteiger partial charge in [-0.15, -0.1) is 0 Å². The van der Waals surface area contributed by atoms with E-state index < -0.39 is 40.4 Å². The summed E-state index contributed by atoms with van der Waals surface area (Å²) in [4.78, 5) is 10.8. The summed E-state index contributed by atoms with van der Waals surface area (Å²) in [5.74, 6) is -9.89. The Balaban J connectivity index is 2.93. The summed E-state index contributed by atoms with van der Waals surface area (Å²) in [6.07, 6.45) is 0. The van der Waals surface area contributed by atoms with Crippen LogP contribution in [0.25, 0.3) is 10.4 Å². The zero-order chi connectivity index (χ0) is 14.3. The third-order valence-corrected chi connectivity index (χ3v) is 3.46. The van der Waals surface area contributed by atoms with Gasteiger partial charge in [-0.05, 0) is 6.07 Å². The molecule has 1 aromatic heterocycles. The number of carbonyl (C=O) groups is 1. The van der Waals surface area contributed by atoms with Crippen LogP contribution in [0, 0.1) is 27.9 Å². The molecule has 0 radical (unpaired) electrons. The van der Waals surface area contributed by atoms with Crippen molar-refractivity contribution in [2.75, 3.05) is 0 Å². The van der Waals surface area contributed by atoms with Gasteiger partial charge < -0.3 is 9.48 Å². The number of halogens is 4. The first-order valence-electron chi connectivity index (χ1n) is 4.62. The fraction of sp³-hybridized carbons (Fsp3) is 0. The van der Waals surface area contributed by atoms with Crippen LogP contribution in [0.2, 0.25) is 0 Å². The predicted octanol–water partition coefficient (Wildman–Crippen LogP) is 3.73. The van der Waals surface area contributed by atoms with Gasteiger partial charge in [-0.2, -0.15) is 0 Å². The first kappa shape index (κ1) is 13.7. The van der Waals surface area contributed by atoms with Crippen molar-refractivity contribution in [1.29, 1.82) is 0 Å². The van der Waals surface area contributed by atoms with E-state index in [9.17, 15) is 22.4 Å². The van der Waals surface area contributed by atoms with Gasteiger partial charge in [-0.3, -0.25) is 0 Å². The van der Waals surface area contributed by atoms with Crippen LogP contribution in [0.3, 0.4) is 0 Å². The van der Waals surface area contributed by atoms with Crippen LogP contribution < -0.4 is 0 Å². The van der Waals surface area contributed by atoms with Crippen molar-refractivity contribution in [3.63, 3.8) is 0 Å². The highest BCUT2D eigenvalue weighted by molar-refractivity contribution is 7.71. The number of benzene rings is 1. The molecule has 2 aromatic rings. The molecule has 0 spiro atoms. The Kier molecular flexibility index (Phi) is 3.42. The largest absolute Gasteiger partial charge is 0.478 e. The average Bonchev–Trinajstić information content (AvgIpc) is 2.76. The Morgan fingerprint density at radius 2 is 1.74 bits per heavy atom. The van der Waals surface area contributed by atoms with E-state index in [4.69, 9.17) is 17.3 Å². The summed E-state index contributed by atoms with van der Waals surface area (Å²) in [5.41, 5.74) is -2.15. The summed E-state index contributed by atoms with van der Waals surface area (Å²) >= 11 is 5.38. The van der Waals surface area contributed by atoms with E-state index in [1.54, 1.807) is 0 Å². The van der Waals surface area contributed by atoms with Gasteiger partial charge in [0.2, 0.25) is 0 Å². The minimum absolute atomic E-state index is 0.126. The maximum absolute atomic E-state index is 13.7. The van der Waals surface area contributed by atoms with Crippen LogP contribution in [0.4, 0.5) is 17.6 Å². The molecule has 0 bridgehead atoms. The molecule has 0 unspecified atom stereocenters. The van der Waals surface area contributed by atoms with Gasteiger partial charge in [0.25, 0.3) is 0 Å². The topological polar surface area (TPSA) is 53.1 Å². The Morgan fingerprint density at radius 1 is 1.16 bits per heavy atom. The van der Waals surface area contributed by atoms with Gasteiger partial charge in [-0.25, -0.2) is 22.4 Å². The van der Waals surface area contributed by atoms with Gasteiger partial charge in [0.1, 0.15) is 10.2 Å². The van der Waals surface area contributed by atoms with Crippen LogP contribution >= 0.6 is 23.8 Å². The second-order valence-electron chi connectivity index (χ2n) is 3.39. The molecule has 0 fully saturated rings. The summed E-state index contributed by atoms with van der Waals surface area (Å²) in [7, 11) is 0. The molecule has 1 heterocycles. The summed E-state index contributed by atoms with van der Waals surface area (Å²) in [6.45, 7) is 0. The maximum Gasteiger partial charge on any atom is 0.339 e. The number of carboxylic acids is 1. The lowest BCUT2D eigenvalue weighted by atomic mass is 10.0. The highest BCUT2D eigenvalue weighted by Gasteiger charge is 2.30. The molecule has 0 atom stereocenters. The highest BCUT2D eigenvalue weighted by atomic mass is 32.1. The normalized spacial score (nSPS) is 10.7. The lowest BCUT2D eigenvalue weighted by molar-refractivity contribution is 0.0690. The number of H-pyrrole nitrogens is 1. The molecule has 0 saturated carbocycles. The average molecular weight is 309 g/mol. The number of rotatable bonds is 2. The lowest BCUT2D eigenvalue weighted by Gasteiger charge is -2.08. The van der Waals surface area contributed by atoms with Crippen molar-refractivity contribution in [3.8, 4) is 10.4 Å². The molecule has 1 aromatic carbocycles. The van der Waals surface area contributed by atoms with Gasteiger partial charge in [0, 0.05) is 5.56 Å². The van der Waals surface area contributed by atoms with Crippen LogP contribution in [0.5, 0.6) is 0 Å². The van der Waals surface area contributed by atoms with Gasteiger partial charge in [0.05, 0.1) is 4.88 Å². The second-order valence-corrected chi connectivity index (χ2v) is 4.68. The molecule has 0 saturated heterocycles.